The van der Waals surface area contributed by atoms with Gasteiger partial charge in [-0.05, 0) is 67.8 Å². The largest absolute Gasteiger partial charge is 0.484 e. The molecule has 0 bridgehead atoms. The summed E-state index contributed by atoms with van der Waals surface area (Å²) in [5.74, 6) is -0.303. The fourth-order valence-corrected chi connectivity index (χ4v) is 4.28. The van der Waals surface area contributed by atoms with E-state index < -0.39 is 0 Å². The summed E-state index contributed by atoms with van der Waals surface area (Å²) in [5.41, 5.74) is 3.58. The molecule has 3 aromatic rings. The lowest BCUT2D eigenvalue weighted by Gasteiger charge is -2.17. The van der Waals surface area contributed by atoms with E-state index in [-0.39, 0.29) is 36.7 Å². The molecule has 1 aromatic heterocycles. The molecule has 9 nitrogen and oxygen atoms in total. The highest BCUT2D eigenvalue weighted by atomic mass is 16.5. The van der Waals surface area contributed by atoms with Crippen LogP contribution in [0.1, 0.15) is 24.0 Å². The molecule has 9 heteroatoms. The van der Waals surface area contributed by atoms with Crippen molar-refractivity contribution in [3.63, 3.8) is 0 Å². The molecule has 4 rings (SSSR count). The minimum atomic E-state index is -0.379. The number of nitrogens with one attached hydrogen (secondary N) is 2. The van der Waals surface area contributed by atoms with E-state index >= 15 is 0 Å². The maximum Gasteiger partial charge on any atom is 0.262 e. The minimum Gasteiger partial charge on any atom is -0.484 e. The highest BCUT2D eigenvalue weighted by Gasteiger charge is 2.34. The van der Waals surface area contributed by atoms with Gasteiger partial charge in [0.2, 0.25) is 11.8 Å². The molecule has 0 spiro atoms. The zero-order valence-electron chi connectivity index (χ0n) is 20.6. The Bertz CT molecular complexity index is 1190. The predicted molar refractivity (Wildman–Crippen MR) is 137 cm³/mol. The predicted octanol–water partition coefficient (Wildman–Crippen LogP) is 3.08. The number of aromatic nitrogens is 2. The zero-order chi connectivity index (χ0) is 25.5. The Labute approximate surface area is 210 Å². The average molecular weight is 490 g/mol. The van der Waals surface area contributed by atoms with E-state index in [1.807, 2.05) is 42.8 Å². The van der Waals surface area contributed by atoms with Crippen LogP contribution in [0, 0.1) is 19.8 Å². The third kappa shape index (κ3) is 6.71. The molecule has 0 aliphatic carbocycles. The van der Waals surface area contributed by atoms with Crippen molar-refractivity contribution in [3.05, 3.63) is 72.3 Å². The first-order valence-corrected chi connectivity index (χ1v) is 12.0. The number of carbonyl (C=O) groups is 3. The molecular formula is C27H31N5O4. The van der Waals surface area contributed by atoms with Crippen molar-refractivity contribution >= 4 is 29.1 Å². The van der Waals surface area contributed by atoms with Gasteiger partial charge in [0.15, 0.2) is 6.61 Å². The SMILES string of the molecule is Cc1cc(C)cc(NC(=O)COc2ccc(N3C[C@@H](C(=O)NCCCn4ccnc4)CC3=O)cc2)c1. The molecule has 2 heterocycles. The molecule has 0 radical (unpaired) electrons. The average Bonchev–Trinajstić information content (AvgIpc) is 3.50. The van der Waals surface area contributed by atoms with Crippen LogP contribution in [-0.2, 0) is 20.9 Å². The first-order valence-electron chi connectivity index (χ1n) is 12.0. The fraction of sp³-hybridized carbons (Fsp3) is 0.333. The molecule has 1 aliphatic heterocycles. The maximum absolute atomic E-state index is 12.5. The lowest BCUT2D eigenvalue weighted by molar-refractivity contribution is -0.126. The molecule has 1 saturated heterocycles. The summed E-state index contributed by atoms with van der Waals surface area (Å²) in [6.07, 6.45) is 6.32. The van der Waals surface area contributed by atoms with Crippen LogP contribution >= 0.6 is 0 Å². The number of hydrogen-bond acceptors (Lipinski definition) is 5. The van der Waals surface area contributed by atoms with E-state index in [4.69, 9.17) is 4.74 Å². The quantitative estimate of drug-likeness (QED) is 0.426. The molecule has 1 aliphatic rings. The standard InChI is InChI=1S/C27H31N5O4/c1-19-12-20(2)14-22(13-19)30-25(33)17-36-24-6-4-23(5-7-24)32-16-21(15-26(32)34)27(35)29-8-3-10-31-11-9-28-18-31/h4-7,9,11-14,18,21H,3,8,10,15-17H2,1-2H3,(H,29,35)(H,30,33)/t21-/m0/s1. The van der Waals surface area contributed by atoms with E-state index in [0.717, 1.165) is 29.8 Å². The summed E-state index contributed by atoms with van der Waals surface area (Å²) in [4.78, 5) is 42.9. The van der Waals surface area contributed by atoms with Crippen molar-refractivity contribution in [1.82, 2.24) is 14.9 Å². The van der Waals surface area contributed by atoms with Crippen LogP contribution in [0.3, 0.4) is 0 Å². The van der Waals surface area contributed by atoms with Gasteiger partial charge in [0.05, 0.1) is 12.2 Å². The molecule has 0 unspecified atom stereocenters. The molecule has 0 saturated carbocycles. The van der Waals surface area contributed by atoms with Crippen molar-refractivity contribution in [2.75, 3.05) is 29.9 Å². The van der Waals surface area contributed by atoms with E-state index in [2.05, 4.69) is 15.6 Å². The van der Waals surface area contributed by atoms with Crippen LogP contribution in [-0.4, -0.2) is 47.0 Å². The minimum absolute atomic E-state index is 0.0879. The number of benzene rings is 2. The number of ether oxygens (including phenoxy) is 1. The molecule has 1 atom stereocenters. The number of aryl methyl sites for hydroxylation is 3. The summed E-state index contributed by atoms with van der Waals surface area (Å²) >= 11 is 0. The van der Waals surface area contributed by atoms with Gasteiger partial charge < -0.3 is 24.8 Å². The van der Waals surface area contributed by atoms with Gasteiger partial charge in [-0.25, -0.2) is 4.98 Å². The Balaban J connectivity index is 1.22. The normalized spacial score (nSPS) is 15.1. The van der Waals surface area contributed by atoms with Gasteiger partial charge in [-0.3, -0.25) is 14.4 Å². The molecular weight excluding hydrogens is 458 g/mol. The Kier molecular flexibility index (Phi) is 7.99. The number of rotatable bonds is 10. The van der Waals surface area contributed by atoms with Gasteiger partial charge in [0.1, 0.15) is 5.75 Å². The van der Waals surface area contributed by atoms with E-state index in [0.29, 0.717) is 24.5 Å². The second-order valence-electron chi connectivity index (χ2n) is 9.06. The molecule has 3 amide bonds. The molecule has 188 valence electrons. The van der Waals surface area contributed by atoms with Gasteiger partial charge in [-0.15, -0.1) is 0 Å². The van der Waals surface area contributed by atoms with Gasteiger partial charge in [-0.1, -0.05) is 6.07 Å². The number of hydrogen-bond donors (Lipinski definition) is 2. The van der Waals surface area contributed by atoms with Gasteiger partial charge in [0, 0.05) is 49.8 Å². The lowest BCUT2D eigenvalue weighted by Crippen LogP contribution is -2.33. The number of anilines is 2. The van der Waals surface area contributed by atoms with Crippen LogP contribution in [0.2, 0.25) is 0 Å². The van der Waals surface area contributed by atoms with Crippen molar-refractivity contribution in [1.29, 1.82) is 0 Å². The Morgan fingerprint density at radius 2 is 1.86 bits per heavy atom. The second kappa shape index (κ2) is 11.5. The highest BCUT2D eigenvalue weighted by Crippen LogP contribution is 2.27. The van der Waals surface area contributed by atoms with E-state index in [1.54, 1.807) is 41.7 Å². The number of amides is 3. The summed E-state index contributed by atoms with van der Waals surface area (Å²) in [5, 5.41) is 5.77. The molecule has 2 aromatic carbocycles. The van der Waals surface area contributed by atoms with Gasteiger partial charge in [0.25, 0.3) is 5.91 Å². The van der Waals surface area contributed by atoms with Crippen LogP contribution in [0.4, 0.5) is 11.4 Å². The van der Waals surface area contributed by atoms with Crippen molar-refractivity contribution < 1.29 is 19.1 Å². The van der Waals surface area contributed by atoms with Crippen LogP contribution < -0.4 is 20.3 Å². The number of nitrogens with zero attached hydrogens (tertiary/aromatic N) is 3. The smallest absolute Gasteiger partial charge is 0.262 e. The third-order valence-corrected chi connectivity index (χ3v) is 5.97. The van der Waals surface area contributed by atoms with E-state index in [1.165, 1.54) is 0 Å². The highest BCUT2D eigenvalue weighted by molar-refractivity contribution is 6.00. The summed E-state index contributed by atoms with van der Waals surface area (Å²) in [6.45, 7) is 5.49. The Morgan fingerprint density at radius 3 is 2.56 bits per heavy atom. The van der Waals surface area contributed by atoms with Crippen molar-refractivity contribution in [2.24, 2.45) is 5.92 Å². The van der Waals surface area contributed by atoms with Crippen LogP contribution in [0.15, 0.2) is 61.2 Å². The third-order valence-electron chi connectivity index (χ3n) is 5.97. The lowest BCUT2D eigenvalue weighted by atomic mass is 10.1. The summed E-state index contributed by atoms with van der Waals surface area (Å²) in [7, 11) is 0. The zero-order valence-corrected chi connectivity index (χ0v) is 20.6. The number of imidazole rings is 1. The maximum atomic E-state index is 12.5. The van der Waals surface area contributed by atoms with Crippen LogP contribution in [0.5, 0.6) is 5.75 Å². The Hall–Kier alpha value is -4.14. The molecule has 36 heavy (non-hydrogen) atoms. The molecule has 2 N–H and O–H groups in total. The number of carbonyl (C=O) groups excluding carboxylic acids is 3. The molecule has 1 fully saturated rings. The van der Waals surface area contributed by atoms with Gasteiger partial charge >= 0.3 is 0 Å². The van der Waals surface area contributed by atoms with Crippen LogP contribution in [0.25, 0.3) is 0 Å². The Morgan fingerprint density at radius 1 is 1.11 bits per heavy atom. The topological polar surface area (TPSA) is 106 Å². The monoisotopic (exact) mass is 489 g/mol. The second-order valence-corrected chi connectivity index (χ2v) is 9.06. The van der Waals surface area contributed by atoms with E-state index in [9.17, 15) is 14.4 Å². The summed E-state index contributed by atoms with van der Waals surface area (Å²) in [6, 6.07) is 12.8. The fourth-order valence-electron chi connectivity index (χ4n) is 4.28. The van der Waals surface area contributed by atoms with Crippen molar-refractivity contribution in [2.45, 2.75) is 33.2 Å². The van der Waals surface area contributed by atoms with Gasteiger partial charge in [-0.2, -0.15) is 0 Å². The first-order chi connectivity index (χ1) is 17.4. The summed E-state index contributed by atoms with van der Waals surface area (Å²) < 4.78 is 7.56. The van der Waals surface area contributed by atoms with Crippen molar-refractivity contribution in [3.8, 4) is 5.75 Å². The first kappa shape index (κ1) is 25.0.